The number of hydrogen-bond acceptors (Lipinski definition) is 0. The average molecular weight is 144 g/mol. The summed E-state index contributed by atoms with van der Waals surface area (Å²) in [5.74, 6) is 0.648. The predicted molar refractivity (Wildman–Crippen MR) is 47.8 cm³/mol. The van der Waals surface area contributed by atoms with E-state index in [1.165, 1.54) is 16.7 Å². The molecule has 0 fully saturated rings. The summed E-state index contributed by atoms with van der Waals surface area (Å²) < 4.78 is 0. The Morgan fingerprint density at radius 1 is 1.09 bits per heavy atom. The van der Waals surface area contributed by atoms with E-state index in [-0.39, 0.29) is 0 Å². The van der Waals surface area contributed by atoms with Gasteiger partial charge in [0.15, 0.2) is 0 Å². The van der Waals surface area contributed by atoms with Crippen LogP contribution in [-0.2, 0) is 0 Å². The Hall–Kier alpha value is -1.04. The molecule has 0 N–H and O–H groups in total. The number of benzene rings is 1. The molecule has 0 bridgehead atoms. The molecule has 1 aromatic carbocycles. The predicted octanol–water partition coefficient (Wildman–Crippen LogP) is 2.96. The largest absolute Gasteiger partial charge is 0.0763 e. The first kappa shape index (κ1) is 6.66. The highest BCUT2D eigenvalue weighted by Crippen LogP contribution is 2.32. The Morgan fingerprint density at radius 3 is 2.45 bits per heavy atom. The lowest BCUT2D eigenvalue weighted by Gasteiger charge is -2.04. The molecule has 0 heteroatoms. The van der Waals surface area contributed by atoms with Gasteiger partial charge in [-0.1, -0.05) is 35.9 Å². The molecule has 0 unspecified atom stereocenters. The number of rotatable bonds is 1. The third kappa shape index (κ3) is 1.21. The molecule has 56 valence electrons. The van der Waals surface area contributed by atoms with Gasteiger partial charge in [-0.2, -0.15) is 0 Å². The third-order valence-corrected chi connectivity index (χ3v) is 2.18. The van der Waals surface area contributed by atoms with Gasteiger partial charge in [-0.05, 0) is 25.0 Å². The van der Waals surface area contributed by atoms with Crippen LogP contribution < -0.4 is 0 Å². The molecule has 0 saturated carbocycles. The zero-order chi connectivity index (χ0) is 7.84. The van der Waals surface area contributed by atoms with Crippen LogP contribution in [0.2, 0.25) is 0 Å². The molecule has 1 aromatic rings. The number of aryl methyl sites for hydroxylation is 2. The summed E-state index contributed by atoms with van der Waals surface area (Å²) in [6, 6.07) is 6.64. The Morgan fingerprint density at radius 2 is 1.82 bits per heavy atom. The minimum Gasteiger partial charge on any atom is -0.0763 e. The Balaban J connectivity index is 2.43. The molecule has 0 aromatic heterocycles. The van der Waals surface area contributed by atoms with Crippen molar-refractivity contribution in [3.8, 4) is 0 Å². The van der Waals surface area contributed by atoms with Crippen molar-refractivity contribution in [2.45, 2.75) is 19.8 Å². The van der Waals surface area contributed by atoms with Crippen LogP contribution in [0.5, 0.6) is 0 Å². The second-order valence-electron chi connectivity index (χ2n) is 3.27. The Bertz CT molecular complexity index is 302. The van der Waals surface area contributed by atoms with Crippen molar-refractivity contribution >= 4 is 0 Å². The van der Waals surface area contributed by atoms with Crippen LogP contribution in [0.4, 0.5) is 0 Å². The first-order valence-corrected chi connectivity index (χ1v) is 4.03. The molecule has 0 aliphatic heterocycles. The third-order valence-electron chi connectivity index (χ3n) is 2.18. The van der Waals surface area contributed by atoms with Crippen molar-refractivity contribution in [3.63, 3.8) is 0 Å². The normalized spacial score (nSPS) is 15.5. The van der Waals surface area contributed by atoms with Gasteiger partial charge in [-0.15, -0.1) is 0 Å². The van der Waals surface area contributed by atoms with E-state index in [2.05, 4.69) is 44.2 Å². The second-order valence-corrected chi connectivity index (χ2v) is 3.27. The lowest BCUT2D eigenvalue weighted by Crippen LogP contribution is -1.87. The van der Waals surface area contributed by atoms with Crippen molar-refractivity contribution in [1.82, 2.24) is 0 Å². The van der Waals surface area contributed by atoms with Crippen LogP contribution in [0.15, 0.2) is 30.4 Å². The Labute approximate surface area is 67.6 Å². The van der Waals surface area contributed by atoms with E-state index < -0.39 is 0 Å². The lowest BCUT2D eigenvalue weighted by atomic mass is 10.0. The molecule has 0 atom stereocenters. The molecule has 0 nitrogen and oxygen atoms in total. The fraction of sp³-hybridized carbons (Fsp3) is 0.273. The van der Waals surface area contributed by atoms with E-state index in [1.54, 1.807) is 0 Å². The monoisotopic (exact) mass is 144 g/mol. The second kappa shape index (κ2) is 2.23. The fourth-order valence-corrected chi connectivity index (χ4v) is 1.38. The van der Waals surface area contributed by atoms with Gasteiger partial charge in [0, 0.05) is 5.92 Å². The quantitative estimate of drug-likeness (QED) is 0.531. The summed E-state index contributed by atoms with van der Waals surface area (Å²) in [5.41, 5.74) is 4.25. The molecular weight excluding hydrogens is 132 g/mol. The lowest BCUT2D eigenvalue weighted by molar-refractivity contribution is 1.17. The van der Waals surface area contributed by atoms with Gasteiger partial charge in [-0.25, -0.2) is 0 Å². The van der Waals surface area contributed by atoms with Gasteiger partial charge in [-0.3, -0.25) is 0 Å². The van der Waals surface area contributed by atoms with E-state index in [0.29, 0.717) is 5.92 Å². The highest BCUT2D eigenvalue weighted by atomic mass is 14.2. The summed E-state index contributed by atoms with van der Waals surface area (Å²) >= 11 is 0. The molecule has 1 aliphatic rings. The fourth-order valence-electron chi connectivity index (χ4n) is 1.38. The zero-order valence-corrected chi connectivity index (χ0v) is 6.96. The van der Waals surface area contributed by atoms with Gasteiger partial charge in [0.05, 0.1) is 0 Å². The molecule has 2 rings (SSSR count). The molecular formula is C11H12. The Kier molecular flexibility index (Phi) is 1.35. The number of hydrogen-bond donors (Lipinski definition) is 0. The van der Waals surface area contributed by atoms with E-state index in [4.69, 9.17) is 0 Å². The van der Waals surface area contributed by atoms with Gasteiger partial charge in [0.2, 0.25) is 0 Å². The van der Waals surface area contributed by atoms with Crippen molar-refractivity contribution in [2.24, 2.45) is 0 Å². The molecule has 0 radical (unpaired) electrons. The zero-order valence-electron chi connectivity index (χ0n) is 6.96. The van der Waals surface area contributed by atoms with Gasteiger partial charge >= 0.3 is 0 Å². The average Bonchev–Trinajstić information content (AvgIpc) is 2.76. The van der Waals surface area contributed by atoms with Crippen LogP contribution in [-0.4, -0.2) is 0 Å². The minimum absolute atomic E-state index is 0.648. The van der Waals surface area contributed by atoms with Gasteiger partial charge in [0.25, 0.3) is 0 Å². The molecule has 0 heterocycles. The molecule has 0 saturated heterocycles. The molecule has 0 spiro atoms. The highest BCUT2D eigenvalue weighted by molar-refractivity contribution is 5.43. The SMILES string of the molecule is Cc1ccc(C)c(C2C=C2)c1. The van der Waals surface area contributed by atoms with Gasteiger partial charge in [0.1, 0.15) is 0 Å². The van der Waals surface area contributed by atoms with E-state index in [9.17, 15) is 0 Å². The minimum atomic E-state index is 0.648. The first-order chi connectivity index (χ1) is 5.27. The van der Waals surface area contributed by atoms with E-state index in [1.807, 2.05) is 0 Å². The number of allylic oxidation sites excluding steroid dienone is 2. The van der Waals surface area contributed by atoms with Crippen LogP contribution in [0, 0.1) is 13.8 Å². The van der Waals surface area contributed by atoms with Gasteiger partial charge < -0.3 is 0 Å². The maximum absolute atomic E-state index is 2.28. The van der Waals surface area contributed by atoms with Crippen LogP contribution in [0.1, 0.15) is 22.6 Å². The summed E-state index contributed by atoms with van der Waals surface area (Å²) in [7, 11) is 0. The molecule has 11 heavy (non-hydrogen) atoms. The van der Waals surface area contributed by atoms with Crippen molar-refractivity contribution in [2.75, 3.05) is 0 Å². The van der Waals surface area contributed by atoms with Crippen LogP contribution >= 0.6 is 0 Å². The standard InChI is InChI=1S/C11H12/c1-8-3-4-9(2)11(7-8)10-5-6-10/h3-7,10H,1-2H3. The molecule has 0 amide bonds. The van der Waals surface area contributed by atoms with Crippen molar-refractivity contribution < 1.29 is 0 Å². The summed E-state index contributed by atoms with van der Waals surface area (Å²) in [6.07, 6.45) is 4.48. The maximum Gasteiger partial charge on any atom is 0.0202 e. The van der Waals surface area contributed by atoms with E-state index in [0.717, 1.165) is 0 Å². The summed E-state index contributed by atoms with van der Waals surface area (Å²) in [5, 5.41) is 0. The summed E-state index contributed by atoms with van der Waals surface area (Å²) in [6.45, 7) is 4.32. The smallest absolute Gasteiger partial charge is 0.0202 e. The van der Waals surface area contributed by atoms with Crippen molar-refractivity contribution in [3.05, 3.63) is 47.0 Å². The van der Waals surface area contributed by atoms with Crippen LogP contribution in [0.3, 0.4) is 0 Å². The van der Waals surface area contributed by atoms with E-state index >= 15 is 0 Å². The van der Waals surface area contributed by atoms with Crippen LogP contribution in [0.25, 0.3) is 0 Å². The first-order valence-electron chi connectivity index (χ1n) is 4.03. The van der Waals surface area contributed by atoms with Crippen molar-refractivity contribution in [1.29, 1.82) is 0 Å². The highest BCUT2D eigenvalue weighted by Gasteiger charge is 2.15. The summed E-state index contributed by atoms with van der Waals surface area (Å²) in [4.78, 5) is 0. The molecule has 1 aliphatic carbocycles. The topological polar surface area (TPSA) is 0 Å². The maximum atomic E-state index is 2.28.